The lowest BCUT2D eigenvalue weighted by Crippen LogP contribution is -2.55. The van der Waals surface area contributed by atoms with E-state index in [1.807, 2.05) is 7.05 Å². The molecule has 7 nitrogen and oxygen atoms in total. The van der Waals surface area contributed by atoms with Crippen molar-refractivity contribution in [3.05, 3.63) is 35.9 Å². The van der Waals surface area contributed by atoms with Crippen LogP contribution in [0.1, 0.15) is 31.2 Å². The van der Waals surface area contributed by atoms with Crippen LogP contribution in [-0.2, 0) is 11.3 Å². The Labute approximate surface area is 180 Å². The van der Waals surface area contributed by atoms with Crippen LogP contribution in [0, 0.1) is 0 Å². The molecule has 2 N–H and O–H groups in total. The Hall–Kier alpha value is -2.12. The van der Waals surface area contributed by atoms with Crippen LogP contribution in [0.25, 0.3) is 0 Å². The van der Waals surface area contributed by atoms with Crippen LogP contribution in [0.2, 0.25) is 0 Å². The number of likely N-dealkylation sites (tertiary alicyclic amines) is 1. The molecule has 2 saturated heterocycles. The minimum Gasteiger partial charge on any atom is -0.355 e. The number of rotatable bonds is 7. The number of amides is 1. The van der Waals surface area contributed by atoms with Crippen molar-refractivity contribution in [2.75, 3.05) is 52.9 Å². The van der Waals surface area contributed by atoms with Crippen LogP contribution >= 0.6 is 0 Å². The fourth-order valence-electron chi connectivity index (χ4n) is 4.52. The average molecular weight is 413 g/mol. The highest BCUT2D eigenvalue weighted by Gasteiger charge is 2.27. The lowest BCUT2D eigenvalue weighted by Gasteiger charge is -2.36. The van der Waals surface area contributed by atoms with E-state index < -0.39 is 0 Å². The standard InChI is InChI=1S/C23H36N6O/c1-24-23(28-14-12-27(13-15-28)18-22(30)26-20-9-10-20)25-16-21-8-5-11-29(21)17-19-6-3-2-4-7-19/h2-4,6-7,20-21H,5,8-18H2,1H3,(H,24,25)(H,26,30). The van der Waals surface area contributed by atoms with E-state index in [1.165, 1.54) is 24.9 Å². The van der Waals surface area contributed by atoms with Crippen LogP contribution in [0.3, 0.4) is 0 Å². The van der Waals surface area contributed by atoms with Crippen molar-refractivity contribution < 1.29 is 4.79 Å². The summed E-state index contributed by atoms with van der Waals surface area (Å²) in [6.07, 6.45) is 4.79. The first-order valence-electron chi connectivity index (χ1n) is 11.5. The molecule has 1 aromatic rings. The molecule has 0 aromatic heterocycles. The number of guanidine groups is 1. The number of hydrogen-bond acceptors (Lipinski definition) is 4. The average Bonchev–Trinajstić information content (AvgIpc) is 3.47. The van der Waals surface area contributed by atoms with Crippen molar-refractivity contribution in [2.24, 2.45) is 4.99 Å². The van der Waals surface area contributed by atoms with Crippen LogP contribution in [0.4, 0.5) is 0 Å². The Morgan fingerprint density at radius 2 is 1.83 bits per heavy atom. The maximum atomic E-state index is 12.0. The quantitative estimate of drug-likeness (QED) is 0.519. The normalized spacial score (nSPS) is 23.6. The first kappa shape index (κ1) is 21.1. The SMILES string of the molecule is CN=C(NCC1CCCN1Cc1ccccc1)N1CCN(CC(=O)NC2CC2)CC1. The third kappa shape index (κ3) is 5.95. The first-order valence-corrected chi connectivity index (χ1v) is 11.5. The number of hydrogen-bond donors (Lipinski definition) is 2. The van der Waals surface area contributed by atoms with Crippen LogP contribution in [0.5, 0.6) is 0 Å². The summed E-state index contributed by atoms with van der Waals surface area (Å²) in [5.74, 6) is 1.16. The third-order valence-electron chi connectivity index (χ3n) is 6.42. The molecule has 164 valence electrons. The fraction of sp³-hybridized carbons (Fsp3) is 0.652. The molecule has 1 unspecified atom stereocenters. The molecule has 3 aliphatic rings. The van der Waals surface area contributed by atoms with Gasteiger partial charge in [-0.1, -0.05) is 30.3 Å². The van der Waals surface area contributed by atoms with E-state index >= 15 is 0 Å². The van der Waals surface area contributed by atoms with E-state index in [9.17, 15) is 4.79 Å². The van der Waals surface area contributed by atoms with Crippen molar-refractivity contribution in [3.8, 4) is 0 Å². The Kier molecular flexibility index (Phi) is 7.23. The predicted octanol–water partition coefficient (Wildman–Crippen LogP) is 1.12. The van der Waals surface area contributed by atoms with Gasteiger partial charge in [-0.25, -0.2) is 0 Å². The summed E-state index contributed by atoms with van der Waals surface area (Å²) in [7, 11) is 1.87. The predicted molar refractivity (Wildman–Crippen MR) is 120 cm³/mol. The molecule has 30 heavy (non-hydrogen) atoms. The van der Waals surface area contributed by atoms with Gasteiger partial charge in [-0.05, 0) is 37.8 Å². The van der Waals surface area contributed by atoms with Crippen molar-refractivity contribution in [2.45, 2.75) is 44.3 Å². The minimum atomic E-state index is 0.174. The number of nitrogens with one attached hydrogen (secondary N) is 2. The van der Waals surface area contributed by atoms with Gasteiger partial charge in [0.05, 0.1) is 6.54 Å². The second-order valence-corrected chi connectivity index (χ2v) is 8.79. The van der Waals surface area contributed by atoms with E-state index in [2.05, 4.69) is 60.7 Å². The highest BCUT2D eigenvalue weighted by Crippen LogP contribution is 2.20. The zero-order valence-corrected chi connectivity index (χ0v) is 18.2. The molecule has 0 spiro atoms. The number of nitrogens with zero attached hydrogens (tertiary/aromatic N) is 4. The lowest BCUT2D eigenvalue weighted by atomic mass is 10.2. The van der Waals surface area contributed by atoms with Gasteiger partial charge in [0.1, 0.15) is 0 Å². The summed E-state index contributed by atoms with van der Waals surface area (Å²) in [4.78, 5) is 23.7. The first-order chi connectivity index (χ1) is 14.7. The van der Waals surface area contributed by atoms with Gasteiger partial charge in [0.2, 0.25) is 5.91 Å². The molecule has 4 rings (SSSR count). The zero-order valence-electron chi connectivity index (χ0n) is 18.2. The highest BCUT2D eigenvalue weighted by atomic mass is 16.2. The molecule has 1 aliphatic carbocycles. The maximum Gasteiger partial charge on any atom is 0.234 e. The summed E-state index contributed by atoms with van der Waals surface area (Å²) < 4.78 is 0. The summed E-state index contributed by atoms with van der Waals surface area (Å²) in [5.41, 5.74) is 1.38. The van der Waals surface area contributed by atoms with Gasteiger partial charge < -0.3 is 15.5 Å². The van der Waals surface area contributed by atoms with Crippen molar-refractivity contribution in [3.63, 3.8) is 0 Å². The summed E-state index contributed by atoms with van der Waals surface area (Å²) in [6, 6.07) is 11.7. The molecule has 1 atom stereocenters. The topological polar surface area (TPSA) is 63.2 Å². The summed E-state index contributed by atoms with van der Waals surface area (Å²) >= 11 is 0. The molecule has 0 bridgehead atoms. The van der Waals surface area contributed by atoms with Crippen LogP contribution < -0.4 is 10.6 Å². The summed E-state index contributed by atoms with van der Waals surface area (Å²) in [5, 5.41) is 6.71. The Balaban J connectivity index is 1.20. The number of aliphatic imine (C=N–C) groups is 1. The Morgan fingerprint density at radius 3 is 2.53 bits per heavy atom. The maximum absolute atomic E-state index is 12.0. The van der Waals surface area contributed by atoms with Gasteiger partial charge in [0.25, 0.3) is 0 Å². The van der Waals surface area contributed by atoms with Crippen LogP contribution in [-0.4, -0.2) is 91.5 Å². The van der Waals surface area contributed by atoms with E-state index in [4.69, 9.17) is 0 Å². The van der Waals surface area contributed by atoms with Crippen molar-refractivity contribution >= 4 is 11.9 Å². The van der Waals surface area contributed by atoms with Crippen molar-refractivity contribution in [1.82, 2.24) is 25.3 Å². The number of piperazine rings is 1. The van der Waals surface area contributed by atoms with Gasteiger partial charge in [-0.2, -0.15) is 0 Å². The fourth-order valence-corrected chi connectivity index (χ4v) is 4.52. The van der Waals surface area contributed by atoms with E-state index in [-0.39, 0.29) is 5.91 Å². The lowest BCUT2D eigenvalue weighted by molar-refractivity contribution is -0.122. The zero-order chi connectivity index (χ0) is 20.8. The molecular formula is C23H36N6O. The number of carbonyl (C=O) groups excluding carboxylic acids is 1. The van der Waals surface area contributed by atoms with E-state index in [1.54, 1.807) is 0 Å². The third-order valence-corrected chi connectivity index (χ3v) is 6.42. The molecule has 2 heterocycles. The van der Waals surface area contributed by atoms with Gasteiger partial charge in [-0.15, -0.1) is 0 Å². The highest BCUT2D eigenvalue weighted by molar-refractivity contribution is 5.80. The van der Waals surface area contributed by atoms with Crippen molar-refractivity contribution in [1.29, 1.82) is 0 Å². The molecule has 2 aliphatic heterocycles. The Bertz CT molecular complexity index is 712. The van der Waals surface area contributed by atoms with Gasteiger partial charge >= 0.3 is 0 Å². The number of carbonyl (C=O) groups is 1. The van der Waals surface area contributed by atoms with Gasteiger partial charge in [0.15, 0.2) is 5.96 Å². The van der Waals surface area contributed by atoms with Gasteiger partial charge in [-0.3, -0.25) is 19.6 Å². The second-order valence-electron chi connectivity index (χ2n) is 8.79. The molecule has 1 saturated carbocycles. The monoisotopic (exact) mass is 412 g/mol. The molecule has 0 radical (unpaired) electrons. The molecule has 7 heteroatoms. The number of benzene rings is 1. The molecule has 1 aromatic carbocycles. The smallest absolute Gasteiger partial charge is 0.234 e. The molecule has 3 fully saturated rings. The second kappa shape index (κ2) is 10.3. The van der Waals surface area contributed by atoms with Gasteiger partial charge in [0, 0.05) is 58.4 Å². The Morgan fingerprint density at radius 1 is 1.07 bits per heavy atom. The summed E-state index contributed by atoms with van der Waals surface area (Å²) in [6.45, 7) is 7.28. The van der Waals surface area contributed by atoms with Crippen LogP contribution in [0.15, 0.2) is 35.3 Å². The van der Waals surface area contributed by atoms with E-state index in [0.717, 1.165) is 58.1 Å². The minimum absolute atomic E-state index is 0.174. The molecular weight excluding hydrogens is 376 g/mol. The molecule has 1 amide bonds. The van der Waals surface area contributed by atoms with E-state index in [0.29, 0.717) is 18.6 Å². The largest absolute Gasteiger partial charge is 0.355 e.